The Morgan fingerprint density at radius 2 is 1.64 bits per heavy atom. The normalized spacial score (nSPS) is 55.7. The molecule has 1 N–H and O–H groups in total. The van der Waals surface area contributed by atoms with Crippen LogP contribution in [0, 0.1) is 17.8 Å². The number of nitrogens with one attached hydrogen (secondary N) is 1. The first kappa shape index (κ1) is 9.14. The fourth-order valence-corrected chi connectivity index (χ4v) is 4.87. The van der Waals surface area contributed by atoms with E-state index < -0.39 is 5.67 Å². The Morgan fingerprint density at radius 3 is 2.07 bits per heavy atom. The van der Waals surface area contributed by atoms with Gasteiger partial charge >= 0.3 is 0 Å². The van der Waals surface area contributed by atoms with Gasteiger partial charge in [0.1, 0.15) is 5.67 Å². The van der Waals surface area contributed by atoms with Crippen molar-refractivity contribution >= 4 is 0 Å². The highest BCUT2D eigenvalue weighted by atomic mass is 19.1. The molecule has 5 atom stereocenters. The molecular weight excluding hydrogens is 177 g/mol. The first-order chi connectivity index (χ1) is 6.57. The van der Waals surface area contributed by atoms with Crippen LogP contribution in [0.4, 0.5) is 4.39 Å². The third-order valence-electron chi connectivity index (χ3n) is 4.87. The highest BCUT2D eigenvalue weighted by molar-refractivity contribution is 5.05. The predicted molar refractivity (Wildman–Crippen MR) is 54.0 cm³/mol. The Labute approximate surface area is 85.7 Å². The van der Waals surface area contributed by atoms with Crippen LogP contribution in [0.3, 0.4) is 0 Å². The summed E-state index contributed by atoms with van der Waals surface area (Å²) >= 11 is 0. The highest BCUT2D eigenvalue weighted by Crippen LogP contribution is 2.56. The van der Waals surface area contributed by atoms with E-state index in [1.165, 1.54) is 12.8 Å². The fraction of sp³-hybridized carbons (Fsp3) is 1.00. The van der Waals surface area contributed by atoms with Gasteiger partial charge in [-0.25, -0.2) is 4.39 Å². The lowest BCUT2D eigenvalue weighted by molar-refractivity contribution is -0.898. The summed E-state index contributed by atoms with van der Waals surface area (Å²) in [7, 11) is 4.50. The van der Waals surface area contributed by atoms with Crippen LogP contribution in [0.15, 0.2) is 0 Å². The van der Waals surface area contributed by atoms with Gasteiger partial charge in [-0.15, -0.1) is 0 Å². The molecule has 0 amide bonds. The van der Waals surface area contributed by atoms with Crippen molar-refractivity contribution in [1.29, 1.82) is 0 Å². The molecule has 4 fully saturated rings. The van der Waals surface area contributed by atoms with E-state index in [4.69, 9.17) is 0 Å². The van der Waals surface area contributed by atoms with Crippen LogP contribution in [-0.2, 0) is 0 Å². The minimum absolute atomic E-state index is 0.691. The largest absolute Gasteiger partial charge is 0.337 e. The van der Waals surface area contributed by atoms with E-state index in [2.05, 4.69) is 14.1 Å². The van der Waals surface area contributed by atoms with Crippen LogP contribution in [0.25, 0.3) is 0 Å². The SMILES string of the molecule is C[NH+](C)C1[C@@H]2CC3C[C@H]1CC(F)(C3)C2. The molecule has 0 heterocycles. The summed E-state index contributed by atoms with van der Waals surface area (Å²) in [4.78, 5) is 1.56. The zero-order valence-corrected chi connectivity index (χ0v) is 9.22. The number of quaternary nitrogens is 1. The summed E-state index contributed by atoms with van der Waals surface area (Å²) in [6.07, 6.45) is 5.26. The van der Waals surface area contributed by atoms with E-state index in [1.54, 1.807) is 4.90 Å². The van der Waals surface area contributed by atoms with E-state index in [1.807, 2.05) is 0 Å². The van der Waals surface area contributed by atoms with E-state index in [0.29, 0.717) is 11.8 Å². The molecule has 1 nitrogen and oxygen atoms in total. The molecule has 0 aliphatic heterocycles. The standard InChI is InChI=1S/C12H20FN/c1-14(2)11-9-3-8-4-10(11)7-12(13,5-8)6-9/h8-11H,3-7H2,1-2H3/p+1/t8?,9-,10+,11?,12?. The molecule has 0 aromatic rings. The van der Waals surface area contributed by atoms with Crippen molar-refractivity contribution in [2.45, 2.75) is 43.8 Å². The average Bonchev–Trinajstić information content (AvgIpc) is 1.97. The monoisotopic (exact) mass is 198 g/mol. The molecule has 3 unspecified atom stereocenters. The van der Waals surface area contributed by atoms with Gasteiger partial charge in [-0.2, -0.15) is 0 Å². The van der Waals surface area contributed by atoms with E-state index >= 15 is 0 Å². The molecule has 2 heteroatoms. The summed E-state index contributed by atoms with van der Waals surface area (Å²) < 4.78 is 14.3. The van der Waals surface area contributed by atoms with Crippen LogP contribution in [-0.4, -0.2) is 25.8 Å². The van der Waals surface area contributed by atoms with Crippen molar-refractivity contribution in [3.8, 4) is 0 Å². The third kappa shape index (κ3) is 1.16. The van der Waals surface area contributed by atoms with E-state index in [0.717, 1.165) is 31.2 Å². The topological polar surface area (TPSA) is 4.44 Å². The van der Waals surface area contributed by atoms with Crippen LogP contribution >= 0.6 is 0 Å². The summed E-state index contributed by atoms with van der Waals surface area (Å²) in [5, 5.41) is 0. The lowest BCUT2D eigenvalue weighted by Crippen LogP contribution is -3.12. The van der Waals surface area contributed by atoms with Gasteiger partial charge in [0, 0.05) is 11.8 Å². The van der Waals surface area contributed by atoms with Crippen molar-refractivity contribution in [2.75, 3.05) is 14.1 Å². The van der Waals surface area contributed by atoms with Crippen molar-refractivity contribution in [1.82, 2.24) is 0 Å². The minimum atomic E-state index is -0.748. The maximum Gasteiger partial charge on any atom is 0.112 e. The number of hydrogen-bond acceptors (Lipinski definition) is 0. The van der Waals surface area contributed by atoms with Crippen LogP contribution in [0.5, 0.6) is 0 Å². The van der Waals surface area contributed by atoms with Gasteiger partial charge in [0.2, 0.25) is 0 Å². The summed E-state index contributed by atoms with van der Waals surface area (Å²) in [5.41, 5.74) is -0.748. The first-order valence-corrected chi connectivity index (χ1v) is 6.06. The molecule has 4 aliphatic rings. The Kier molecular flexibility index (Phi) is 1.77. The number of alkyl halides is 1. The molecular formula is C12H21FN+. The van der Waals surface area contributed by atoms with Crippen LogP contribution in [0.1, 0.15) is 32.1 Å². The number of rotatable bonds is 1. The van der Waals surface area contributed by atoms with Gasteiger partial charge in [-0.05, 0) is 38.0 Å². The molecule has 0 aromatic carbocycles. The number of halogens is 1. The summed E-state index contributed by atoms with van der Waals surface area (Å²) in [5.74, 6) is 2.11. The molecule has 4 bridgehead atoms. The van der Waals surface area contributed by atoms with Crippen molar-refractivity contribution in [3.05, 3.63) is 0 Å². The lowest BCUT2D eigenvalue weighted by atomic mass is 9.52. The number of hydrogen-bond donors (Lipinski definition) is 1. The maximum absolute atomic E-state index is 14.3. The Bertz CT molecular complexity index is 235. The van der Waals surface area contributed by atoms with Gasteiger partial charge in [0.15, 0.2) is 0 Å². The lowest BCUT2D eigenvalue weighted by Gasteiger charge is -2.56. The van der Waals surface area contributed by atoms with Gasteiger partial charge in [-0.1, -0.05) is 0 Å². The third-order valence-corrected chi connectivity index (χ3v) is 4.87. The van der Waals surface area contributed by atoms with Crippen molar-refractivity contribution < 1.29 is 9.29 Å². The first-order valence-electron chi connectivity index (χ1n) is 6.06. The smallest absolute Gasteiger partial charge is 0.112 e. The van der Waals surface area contributed by atoms with Gasteiger partial charge < -0.3 is 4.90 Å². The molecule has 0 radical (unpaired) electrons. The molecule has 14 heavy (non-hydrogen) atoms. The van der Waals surface area contributed by atoms with Crippen molar-refractivity contribution in [3.63, 3.8) is 0 Å². The van der Waals surface area contributed by atoms with Gasteiger partial charge in [0.25, 0.3) is 0 Å². The quantitative estimate of drug-likeness (QED) is 0.642. The highest BCUT2D eigenvalue weighted by Gasteiger charge is 2.58. The molecule has 4 aliphatic carbocycles. The van der Waals surface area contributed by atoms with Crippen LogP contribution < -0.4 is 4.90 Å². The Morgan fingerprint density at radius 1 is 1.07 bits per heavy atom. The summed E-state index contributed by atoms with van der Waals surface area (Å²) in [6.45, 7) is 0. The van der Waals surface area contributed by atoms with Gasteiger partial charge in [0.05, 0.1) is 20.1 Å². The zero-order chi connectivity index (χ0) is 9.92. The average molecular weight is 198 g/mol. The second-order valence-electron chi connectivity index (χ2n) is 6.22. The minimum Gasteiger partial charge on any atom is -0.337 e. The Hall–Kier alpha value is -0.110. The predicted octanol–water partition coefficient (Wildman–Crippen LogP) is 1.05. The molecule has 0 saturated heterocycles. The second-order valence-corrected chi connectivity index (χ2v) is 6.22. The fourth-order valence-electron chi connectivity index (χ4n) is 4.87. The molecule has 0 spiro atoms. The Balaban J connectivity index is 1.89. The molecule has 80 valence electrons. The summed E-state index contributed by atoms with van der Waals surface area (Å²) in [6, 6.07) is 0.760. The molecule has 0 aromatic heterocycles. The molecule has 4 saturated carbocycles. The zero-order valence-electron chi connectivity index (χ0n) is 9.22. The van der Waals surface area contributed by atoms with Crippen LogP contribution in [0.2, 0.25) is 0 Å². The van der Waals surface area contributed by atoms with E-state index in [9.17, 15) is 4.39 Å². The second kappa shape index (κ2) is 2.72. The van der Waals surface area contributed by atoms with Crippen molar-refractivity contribution in [2.24, 2.45) is 17.8 Å². The molecule has 4 rings (SSSR count). The van der Waals surface area contributed by atoms with E-state index in [-0.39, 0.29) is 0 Å². The van der Waals surface area contributed by atoms with Gasteiger partial charge in [-0.3, -0.25) is 0 Å². The maximum atomic E-state index is 14.3.